The molecule has 7 heterocycles. The molecule has 3 N–H and O–H groups in total. The maximum Gasteiger partial charge on any atom is 0.319 e. The Bertz CT molecular complexity index is 2310. The summed E-state index contributed by atoms with van der Waals surface area (Å²) in [4.78, 5) is 13.7. The van der Waals surface area contributed by atoms with Crippen molar-refractivity contribution in [3.05, 3.63) is 58.7 Å². The van der Waals surface area contributed by atoms with E-state index in [0.717, 1.165) is 30.6 Å². The van der Waals surface area contributed by atoms with Crippen molar-refractivity contribution in [1.82, 2.24) is 20.2 Å². The number of hydrogen-bond donors (Lipinski definition) is 2. The molecule has 50 heavy (non-hydrogen) atoms. The Labute approximate surface area is 288 Å². The van der Waals surface area contributed by atoms with Crippen LogP contribution in [0.5, 0.6) is 6.01 Å². The first kappa shape index (κ1) is 31.2. The summed E-state index contributed by atoms with van der Waals surface area (Å²) < 4.78 is 66.4. The van der Waals surface area contributed by atoms with Crippen molar-refractivity contribution in [3.63, 3.8) is 0 Å². The van der Waals surface area contributed by atoms with Gasteiger partial charge in [-0.25, -0.2) is 8.78 Å². The number of nitrogens with one attached hydrogen (secondary N) is 1. The molecule has 0 amide bonds. The molecule has 254 valence electrons. The number of piperazine rings is 1. The quantitative estimate of drug-likeness (QED) is 0.227. The Balaban J connectivity index is 1.29. The Kier molecular flexibility index (Phi) is 6.95. The number of rotatable bonds is 4. The van der Waals surface area contributed by atoms with Gasteiger partial charge in [-0.05, 0) is 62.3 Å². The molecule has 9 rings (SSSR count). The number of ether oxygens (including phenoxy) is 1. The van der Waals surface area contributed by atoms with Gasteiger partial charge >= 0.3 is 6.01 Å². The first-order valence-electron chi connectivity index (χ1n) is 16.6. The monoisotopic (exact) mass is 698 g/mol. The van der Waals surface area contributed by atoms with Gasteiger partial charge in [0.25, 0.3) is 6.08 Å². The summed E-state index contributed by atoms with van der Waals surface area (Å²) in [5.74, 6) is -1.05. The molecule has 2 aromatic heterocycles. The summed E-state index contributed by atoms with van der Waals surface area (Å²) >= 11 is 0.883. The van der Waals surface area contributed by atoms with E-state index >= 15 is 8.78 Å². The molecule has 5 aliphatic rings. The zero-order valence-corrected chi connectivity index (χ0v) is 27.6. The van der Waals surface area contributed by atoms with Crippen molar-refractivity contribution in [2.24, 2.45) is 0 Å². The topological polar surface area (TPSA) is 127 Å². The Morgan fingerprint density at radius 3 is 2.74 bits per heavy atom. The third-order valence-corrected chi connectivity index (χ3v) is 12.4. The lowest BCUT2D eigenvalue weighted by Gasteiger charge is -2.41. The van der Waals surface area contributed by atoms with Crippen molar-refractivity contribution in [2.75, 3.05) is 36.9 Å². The van der Waals surface area contributed by atoms with Gasteiger partial charge in [0.15, 0.2) is 5.82 Å². The highest BCUT2D eigenvalue weighted by molar-refractivity contribution is 7.23. The predicted octanol–water partition coefficient (Wildman–Crippen LogP) is 6.61. The molecule has 0 aliphatic carbocycles. The van der Waals surface area contributed by atoms with Crippen LogP contribution in [0.1, 0.15) is 55.2 Å². The average molecular weight is 699 g/mol. The van der Waals surface area contributed by atoms with Crippen molar-refractivity contribution in [2.45, 2.75) is 62.2 Å². The zero-order valence-electron chi connectivity index (χ0n) is 26.8. The van der Waals surface area contributed by atoms with Crippen molar-refractivity contribution in [3.8, 4) is 29.3 Å². The van der Waals surface area contributed by atoms with Crippen LogP contribution in [0, 0.1) is 34.3 Å². The molecule has 4 saturated heterocycles. The van der Waals surface area contributed by atoms with Gasteiger partial charge in [-0.15, -0.1) is 11.3 Å². The number of nitrogens with two attached hydrogens (primary N) is 1. The summed E-state index contributed by atoms with van der Waals surface area (Å²) in [5.41, 5.74) is 6.44. The summed E-state index contributed by atoms with van der Waals surface area (Å²) in [5, 5.41) is 25.0. The largest absolute Gasteiger partial charge is 0.461 e. The number of thiophene rings is 1. The highest BCUT2D eigenvalue weighted by Gasteiger charge is 2.49. The smallest absolute Gasteiger partial charge is 0.319 e. The van der Waals surface area contributed by atoms with Gasteiger partial charge in [0.1, 0.15) is 40.9 Å². The zero-order chi connectivity index (χ0) is 34.6. The Morgan fingerprint density at radius 1 is 1.14 bits per heavy atom. The SMILES string of the molecule is C=C1C[C@@H]2[C@@H]3CC[C@H](CN2c2nc(OC[C@@]45CCCN4CC(=C(F)F)C5)nc4c(F)c(-c5ccc(F)c6sc(N)c(C#N)c56)c(C#N)c1c24)N3. The van der Waals surface area contributed by atoms with Gasteiger partial charge in [-0.1, -0.05) is 12.6 Å². The fraction of sp³-hybridized carbons (Fsp3) is 0.389. The van der Waals surface area contributed by atoms with Crippen molar-refractivity contribution >= 4 is 48.7 Å². The number of aromatic nitrogens is 2. The lowest BCUT2D eigenvalue weighted by Crippen LogP contribution is -2.58. The maximum absolute atomic E-state index is 17.5. The van der Waals surface area contributed by atoms with Crippen molar-refractivity contribution < 1.29 is 22.3 Å². The van der Waals surface area contributed by atoms with Crippen LogP contribution in [0.4, 0.5) is 28.4 Å². The second kappa shape index (κ2) is 11.1. The van der Waals surface area contributed by atoms with Crippen LogP contribution in [0.3, 0.4) is 0 Å². The molecular weight excluding hydrogens is 669 g/mol. The first-order valence-corrected chi connectivity index (χ1v) is 17.4. The minimum atomic E-state index is -1.67. The number of anilines is 2. The Hall–Kier alpha value is -4.76. The number of fused-ring (bicyclic) bond motifs is 7. The van der Waals surface area contributed by atoms with E-state index in [9.17, 15) is 19.3 Å². The predicted molar refractivity (Wildman–Crippen MR) is 182 cm³/mol. The van der Waals surface area contributed by atoms with Crippen LogP contribution in [0.15, 0.2) is 30.4 Å². The van der Waals surface area contributed by atoms with Gasteiger partial charge in [-0.2, -0.15) is 29.3 Å². The van der Waals surface area contributed by atoms with Crippen LogP contribution in [0.25, 0.3) is 37.7 Å². The van der Waals surface area contributed by atoms with Gasteiger partial charge < -0.3 is 20.7 Å². The number of benzene rings is 2. The normalized spacial score (nSPS) is 25.5. The van der Waals surface area contributed by atoms with Gasteiger partial charge in [0, 0.05) is 53.3 Å². The van der Waals surface area contributed by atoms with Crippen molar-refractivity contribution in [1.29, 1.82) is 10.5 Å². The molecule has 4 atom stereocenters. The number of nitriles is 2. The third kappa shape index (κ3) is 4.35. The summed E-state index contributed by atoms with van der Waals surface area (Å²) in [6, 6.07) is 6.87. The molecule has 4 fully saturated rings. The second-order valence-corrected chi connectivity index (χ2v) is 15.1. The molecular formula is C36H30F4N8OS. The number of hydrogen-bond acceptors (Lipinski definition) is 10. The molecule has 14 heteroatoms. The number of nitrogen functional groups attached to an aromatic ring is 1. The van der Waals surface area contributed by atoms with E-state index in [1.165, 1.54) is 12.1 Å². The molecule has 0 saturated carbocycles. The summed E-state index contributed by atoms with van der Waals surface area (Å²) in [6.45, 7) is 5.87. The van der Waals surface area contributed by atoms with Gasteiger partial charge in [-0.3, -0.25) is 4.90 Å². The molecule has 4 aromatic rings. The highest BCUT2D eigenvalue weighted by Crippen LogP contribution is 2.50. The van der Waals surface area contributed by atoms with E-state index in [1.54, 1.807) is 0 Å². The van der Waals surface area contributed by atoms with E-state index in [0.29, 0.717) is 48.3 Å². The average Bonchev–Trinajstić information content (AvgIpc) is 3.84. The maximum atomic E-state index is 17.5. The molecule has 0 unspecified atom stereocenters. The van der Waals surface area contributed by atoms with E-state index in [4.69, 9.17) is 15.5 Å². The minimum absolute atomic E-state index is 0.00530. The standard InChI is InChI=1S/C36H30F4N8OS/c1-16-9-24-23-6-3-18(44-23)14-48(24)34-28-25(16)20(11-41)26(19-4-5-22(37)31-27(19)21(12-42)33(43)50-31)29(38)30(28)45-35(46-34)49-15-36-7-2-8-47(36)13-17(10-36)32(39)40/h4-5,18,23-24,44H,1-3,6-10,13-15,43H2/t18-,23+,24-,36+/m1/s1. The van der Waals surface area contributed by atoms with E-state index < -0.39 is 23.3 Å². The molecule has 0 radical (unpaired) electrons. The van der Waals surface area contributed by atoms with Gasteiger partial charge in [0.05, 0.1) is 26.8 Å². The highest BCUT2D eigenvalue weighted by atomic mass is 32.1. The van der Waals surface area contributed by atoms with Crippen LogP contribution >= 0.6 is 11.3 Å². The molecule has 0 spiro atoms. The fourth-order valence-electron chi connectivity index (χ4n) is 9.20. The number of halogens is 4. The van der Waals surface area contributed by atoms with Gasteiger partial charge in [0.2, 0.25) is 0 Å². The van der Waals surface area contributed by atoms with Crippen LogP contribution < -0.4 is 20.7 Å². The third-order valence-electron chi connectivity index (χ3n) is 11.4. The minimum Gasteiger partial charge on any atom is -0.461 e. The van der Waals surface area contributed by atoms with Crippen LogP contribution in [-0.4, -0.2) is 64.8 Å². The number of nitrogens with zero attached hydrogens (tertiary/aromatic N) is 6. The molecule has 5 aliphatic heterocycles. The summed E-state index contributed by atoms with van der Waals surface area (Å²) in [6.07, 6.45) is 2.35. The molecule has 2 bridgehead atoms. The van der Waals surface area contributed by atoms with Crippen LogP contribution in [-0.2, 0) is 0 Å². The van der Waals surface area contributed by atoms with Crippen LogP contribution in [0.2, 0.25) is 0 Å². The molecule has 2 aromatic carbocycles. The summed E-state index contributed by atoms with van der Waals surface area (Å²) in [7, 11) is 0. The first-order chi connectivity index (χ1) is 24.1. The second-order valence-electron chi connectivity index (χ2n) is 14.0. The Morgan fingerprint density at radius 2 is 1.96 bits per heavy atom. The lowest BCUT2D eigenvalue weighted by atomic mass is 9.86. The van der Waals surface area contributed by atoms with E-state index in [1.807, 2.05) is 11.0 Å². The lowest BCUT2D eigenvalue weighted by molar-refractivity contribution is 0.108. The fourth-order valence-corrected chi connectivity index (χ4v) is 10.1. The molecule has 9 nitrogen and oxygen atoms in total. The van der Waals surface area contributed by atoms with E-state index in [2.05, 4.69) is 27.8 Å². The van der Waals surface area contributed by atoms with E-state index in [-0.39, 0.29) is 92.1 Å².